The van der Waals surface area contributed by atoms with Crippen LogP contribution in [0.1, 0.15) is 53.2 Å². The van der Waals surface area contributed by atoms with Crippen LogP contribution in [0.2, 0.25) is 10.0 Å². The Morgan fingerprint density at radius 1 is 1.21 bits per heavy atom. The number of nitrogens with one attached hydrogen (secondary N) is 1. The number of carbonyl (C=O) groups excluding carboxylic acids is 1. The number of hydrogen-bond donors (Lipinski definition) is 1. The molecule has 2 aliphatic rings. The summed E-state index contributed by atoms with van der Waals surface area (Å²) in [5, 5.41) is 6.74. The van der Waals surface area contributed by atoms with Gasteiger partial charge in [0.25, 0.3) is 11.5 Å². The Kier molecular flexibility index (Phi) is 6.62. The third-order valence-electron chi connectivity index (χ3n) is 5.80. The van der Waals surface area contributed by atoms with Crippen LogP contribution < -0.4 is 5.32 Å². The molecule has 2 aromatic rings. The number of alkyl halides is 3. The molecule has 176 valence electrons. The van der Waals surface area contributed by atoms with E-state index in [1.165, 1.54) is 18.2 Å². The van der Waals surface area contributed by atoms with Crippen LogP contribution in [-0.4, -0.2) is 30.6 Å². The van der Waals surface area contributed by atoms with E-state index in [4.69, 9.17) is 32.8 Å². The molecule has 1 N–H and O–H groups in total. The number of carbonyl (C=O) groups is 1. The number of aryl methyl sites for hydroxylation is 1. The van der Waals surface area contributed by atoms with Crippen molar-refractivity contribution in [2.75, 3.05) is 6.61 Å². The number of amides is 1. The maximum Gasteiger partial charge on any atom is 0.435 e. The number of oxime groups is 1. The first kappa shape index (κ1) is 23.9. The van der Waals surface area contributed by atoms with Crippen LogP contribution in [0, 0.1) is 0 Å². The van der Waals surface area contributed by atoms with Gasteiger partial charge in [-0.3, -0.25) is 4.79 Å². The number of hydrogen-bond acceptors (Lipinski definition) is 4. The summed E-state index contributed by atoms with van der Waals surface area (Å²) in [6.45, 7) is 2.46. The molecule has 2 atom stereocenters. The third kappa shape index (κ3) is 4.69. The zero-order valence-electron chi connectivity index (χ0n) is 17.6. The average molecular weight is 501 g/mol. The van der Waals surface area contributed by atoms with Gasteiger partial charge in [0.1, 0.15) is 6.23 Å². The van der Waals surface area contributed by atoms with Gasteiger partial charge in [0, 0.05) is 34.2 Å². The zero-order valence-corrected chi connectivity index (χ0v) is 19.2. The highest BCUT2D eigenvalue weighted by atomic mass is 35.5. The number of rotatable bonds is 5. The van der Waals surface area contributed by atoms with E-state index in [2.05, 4.69) is 10.5 Å². The van der Waals surface area contributed by atoms with Crippen molar-refractivity contribution in [1.29, 1.82) is 0 Å². The van der Waals surface area contributed by atoms with E-state index in [0.717, 1.165) is 12.8 Å². The minimum absolute atomic E-state index is 0.0630. The largest absolute Gasteiger partial charge is 0.435 e. The Morgan fingerprint density at radius 2 is 1.94 bits per heavy atom. The average Bonchev–Trinajstić information content (AvgIpc) is 3.43. The number of benzene rings is 2. The molecule has 4 rings (SSSR count). The van der Waals surface area contributed by atoms with Gasteiger partial charge in [0.15, 0.2) is 0 Å². The van der Waals surface area contributed by atoms with E-state index >= 15 is 0 Å². The fourth-order valence-electron chi connectivity index (χ4n) is 4.05. The standard InChI is InChI=1S/C23H21Cl2F3N2O3/c1-2-13-8-14(5-6-18(13)21(31)29-20-4-3-7-32-20)19-12-22(33-30-19,23(26,27)28)15-9-16(24)11-17(25)10-15/h5-6,8-11,20H,2-4,7,12H2,1H3,(H,29,31). The lowest BCUT2D eigenvalue weighted by molar-refractivity contribution is -0.275. The maximum atomic E-state index is 14.2. The molecular formula is C23H21Cl2F3N2O3. The summed E-state index contributed by atoms with van der Waals surface area (Å²) >= 11 is 11.9. The summed E-state index contributed by atoms with van der Waals surface area (Å²) in [5.74, 6) is -0.284. The number of nitrogens with zero attached hydrogens (tertiary/aromatic N) is 1. The lowest BCUT2D eigenvalue weighted by Crippen LogP contribution is -2.42. The summed E-state index contributed by atoms with van der Waals surface area (Å²) < 4.78 is 48.1. The first-order valence-corrected chi connectivity index (χ1v) is 11.2. The van der Waals surface area contributed by atoms with Gasteiger partial charge in [-0.2, -0.15) is 13.2 Å². The van der Waals surface area contributed by atoms with Gasteiger partial charge in [0.2, 0.25) is 0 Å². The highest BCUT2D eigenvalue weighted by molar-refractivity contribution is 6.34. The van der Waals surface area contributed by atoms with Gasteiger partial charge in [-0.05, 0) is 60.7 Å². The Labute approximate surface area is 198 Å². The quantitative estimate of drug-likeness (QED) is 0.547. The summed E-state index contributed by atoms with van der Waals surface area (Å²) in [4.78, 5) is 17.7. The molecule has 5 nitrogen and oxygen atoms in total. The number of halogens is 5. The van der Waals surface area contributed by atoms with Crippen molar-refractivity contribution < 1.29 is 27.5 Å². The van der Waals surface area contributed by atoms with E-state index in [9.17, 15) is 18.0 Å². The van der Waals surface area contributed by atoms with Crippen LogP contribution in [0.15, 0.2) is 41.6 Å². The van der Waals surface area contributed by atoms with E-state index in [0.29, 0.717) is 29.7 Å². The highest BCUT2D eigenvalue weighted by Crippen LogP contribution is 2.49. The lowest BCUT2D eigenvalue weighted by atomic mass is 9.86. The van der Waals surface area contributed by atoms with Crippen LogP contribution >= 0.6 is 23.2 Å². The van der Waals surface area contributed by atoms with Crippen LogP contribution in [0.3, 0.4) is 0 Å². The minimum Gasteiger partial charge on any atom is -0.374 e. The first-order chi connectivity index (χ1) is 15.6. The van der Waals surface area contributed by atoms with Crippen LogP contribution in [0.4, 0.5) is 13.2 Å². The predicted octanol–water partition coefficient (Wildman–Crippen LogP) is 6.00. The normalized spacial score (nSPS) is 22.7. The second kappa shape index (κ2) is 9.16. The van der Waals surface area contributed by atoms with Gasteiger partial charge in [0.05, 0.1) is 5.71 Å². The van der Waals surface area contributed by atoms with Crippen molar-refractivity contribution >= 4 is 34.8 Å². The second-order valence-corrected chi connectivity index (χ2v) is 8.86. The summed E-state index contributed by atoms with van der Waals surface area (Å²) in [6.07, 6.45) is -3.54. The summed E-state index contributed by atoms with van der Waals surface area (Å²) in [5.41, 5.74) is -1.25. The van der Waals surface area contributed by atoms with Crippen molar-refractivity contribution in [3.63, 3.8) is 0 Å². The molecule has 2 aromatic carbocycles. The van der Waals surface area contributed by atoms with Crippen molar-refractivity contribution in [2.45, 2.75) is 50.6 Å². The molecular weight excluding hydrogens is 480 g/mol. The predicted molar refractivity (Wildman–Crippen MR) is 119 cm³/mol. The summed E-state index contributed by atoms with van der Waals surface area (Å²) in [7, 11) is 0. The fourth-order valence-corrected chi connectivity index (χ4v) is 4.57. The van der Waals surface area contributed by atoms with Gasteiger partial charge in [-0.25, -0.2) is 0 Å². The van der Waals surface area contributed by atoms with Crippen molar-refractivity contribution in [3.8, 4) is 0 Å². The second-order valence-electron chi connectivity index (χ2n) is 7.99. The molecule has 0 radical (unpaired) electrons. The molecule has 0 saturated carbocycles. The molecule has 2 heterocycles. The van der Waals surface area contributed by atoms with Crippen LogP contribution in [-0.2, 0) is 21.6 Å². The third-order valence-corrected chi connectivity index (χ3v) is 6.24. The lowest BCUT2D eigenvalue weighted by Gasteiger charge is -2.29. The van der Waals surface area contributed by atoms with Gasteiger partial charge in [-0.1, -0.05) is 41.3 Å². The van der Waals surface area contributed by atoms with E-state index in [1.54, 1.807) is 18.2 Å². The molecule has 1 fully saturated rings. The van der Waals surface area contributed by atoms with Gasteiger partial charge >= 0.3 is 6.18 Å². The van der Waals surface area contributed by atoms with Crippen LogP contribution in [0.5, 0.6) is 0 Å². The Balaban J connectivity index is 1.62. The zero-order chi connectivity index (χ0) is 23.8. The van der Waals surface area contributed by atoms with Crippen molar-refractivity contribution in [3.05, 3.63) is 68.7 Å². The highest BCUT2D eigenvalue weighted by Gasteiger charge is 2.62. The molecule has 2 aliphatic heterocycles. The minimum atomic E-state index is -4.78. The summed E-state index contributed by atoms with van der Waals surface area (Å²) in [6, 6.07) is 8.53. The number of ether oxygens (including phenoxy) is 1. The monoisotopic (exact) mass is 500 g/mol. The van der Waals surface area contributed by atoms with Gasteiger partial charge < -0.3 is 14.9 Å². The molecule has 0 spiro atoms. The van der Waals surface area contributed by atoms with E-state index in [1.807, 2.05) is 6.92 Å². The Hall–Kier alpha value is -2.29. The topological polar surface area (TPSA) is 59.9 Å². The molecule has 10 heteroatoms. The van der Waals surface area contributed by atoms with Crippen molar-refractivity contribution in [1.82, 2.24) is 5.32 Å². The van der Waals surface area contributed by atoms with Crippen LogP contribution in [0.25, 0.3) is 0 Å². The Morgan fingerprint density at radius 3 is 2.55 bits per heavy atom. The molecule has 2 unspecified atom stereocenters. The van der Waals surface area contributed by atoms with E-state index in [-0.39, 0.29) is 33.5 Å². The fraction of sp³-hybridized carbons (Fsp3) is 0.391. The molecule has 0 bridgehead atoms. The molecule has 0 aromatic heterocycles. The smallest absolute Gasteiger partial charge is 0.374 e. The maximum absolute atomic E-state index is 14.2. The van der Waals surface area contributed by atoms with Crippen molar-refractivity contribution in [2.24, 2.45) is 5.16 Å². The van der Waals surface area contributed by atoms with Gasteiger partial charge in [-0.15, -0.1) is 0 Å². The molecule has 0 aliphatic carbocycles. The first-order valence-electron chi connectivity index (χ1n) is 10.5. The SMILES string of the molecule is CCc1cc(C2=NOC(c3cc(Cl)cc(Cl)c3)(C(F)(F)F)C2)ccc1C(=O)NC1CCCO1. The Bertz CT molecular complexity index is 1080. The van der Waals surface area contributed by atoms with E-state index < -0.39 is 18.2 Å². The molecule has 1 amide bonds. The molecule has 1 saturated heterocycles. The molecule has 33 heavy (non-hydrogen) atoms.